The van der Waals surface area contributed by atoms with Crippen molar-refractivity contribution < 1.29 is 19.2 Å². The molecule has 0 atom stereocenters. The number of carbonyl (C=O) groups is 4. The molecule has 1 fully saturated rings. The Morgan fingerprint density at radius 1 is 0.967 bits per heavy atom. The summed E-state index contributed by atoms with van der Waals surface area (Å²) in [5, 5.41) is 5.73. The molecule has 4 rings (SSSR count). The Labute approximate surface area is 174 Å². The van der Waals surface area contributed by atoms with Gasteiger partial charge in [-0.15, -0.1) is 0 Å². The van der Waals surface area contributed by atoms with Crippen LogP contribution in [0.15, 0.2) is 48.5 Å². The van der Waals surface area contributed by atoms with Crippen molar-refractivity contribution in [3.8, 4) is 0 Å². The molecule has 7 nitrogen and oxygen atoms in total. The van der Waals surface area contributed by atoms with Crippen LogP contribution < -0.4 is 10.6 Å². The predicted octanol–water partition coefficient (Wildman–Crippen LogP) is 2.73. The zero-order valence-corrected chi connectivity index (χ0v) is 16.5. The summed E-state index contributed by atoms with van der Waals surface area (Å²) in [6, 6.07) is 14.1. The standard InChI is InChI=1S/C23H23N3O4/c27-20(9-4-12-26-22(29)18-7-1-2-8-19(18)23(26)30)24-14-15-5-3-6-17(13-15)25-21(28)16-10-11-16/h1-3,5-8,13,16H,4,9-12,14H2,(H,24,27)(H,25,28). The highest BCUT2D eigenvalue weighted by Gasteiger charge is 2.34. The van der Waals surface area contributed by atoms with Gasteiger partial charge in [0.2, 0.25) is 11.8 Å². The van der Waals surface area contributed by atoms with Gasteiger partial charge in [-0.05, 0) is 49.1 Å². The zero-order valence-electron chi connectivity index (χ0n) is 16.5. The average molecular weight is 405 g/mol. The van der Waals surface area contributed by atoms with Crippen LogP contribution in [0.5, 0.6) is 0 Å². The number of carbonyl (C=O) groups excluding carboxylic acids is 4. The number of nitrogens with one attached hydrogen (secondary N) is 2. The summed E-state index contributed by atoms with van der Waals surface area (Å²) < 4.78 is 0. The lowest BCUT2D eigenvalue weighted by atomic mass is 10.1. The van der Waals surface area contributed by atoms with Gasteiger partial charge in [-0.1, -0.05) is 24.3 Å². The molecule has 2 aromatic rings. The minimum atomic E-state index is -0.305. The quantitative estimate of drug-likeness (QED) is 0.660. The van der Waals surface area contributed by atoms with Gasteiger partial charge in [0.05, 0.1) is 11.1 Å². The topological polar surface area (TPSA) is 95.6 Å². The van der Waals surface area contributed by atoms with Crippen molar-refractivity contribution in [2.24, 2.45) is 5.92 Å². The van der Waals surface area contributed by atoms with E-state index >= 15 is 0 Å². The summed E-state index contributed by atoms with van der Waals surface area (Å²) in [4.78, 5) is 49.9. The van der Waals surface area contributed by atoms with E-state index < -0.39 is 0 Å². The molecule has 0 aromatic heterocycles. The van der Waals surface area contributed by atoms with Crippen molar-refractivity contribution in [3.05, 3.63) is 65.2 Å². The minimum absolute atomic E-state index is 0.0457. The van der Waals surface area contributed by atoms with Crippen LogP contribution in [0.25, 0.3) is 0 Å². The molecule has 0 spiro atoms. The molecule has 1 saturated carbocycles. The molecule has 7 heteroatoms. The second-order valence-corrected chi connectivity index (χ2v) is 7.65. The van der Waals surface area contributed by atoms with Crippen LogP contribution in [0.1, 0.15) is 52.0 Å². The van der Waals surface area contributed by atoms with Crippen molar-refractivity contribution in [1.82, 2.24) is 10.2 Å². The number of benzene rings is 2. The van der Waals surface area contributed by atoms with E-state index in [0.29, 0.717) is 24.1 Å². The molecule has 2 aromatic carbocycles. The molecule has 0 saturated heterocycles. The monoisotopic (exact) mass is 405 g/mol. The minimum Gasteiger partial charge on any atom is -0.352 e. The maximum Gasteiger partial charge on any atom is 0.261 e. The van der Waals surface area contributed by atoms with Gasteiger partial charge in [0.15, 0.2) is 0 Å². The van der Waals surface area contributed by atoms with E-state index in [1.54, 1.807) is 24.3 Å². The maximum atomic E-state index is 12.3. The molecule has 0 unspecified atom stereocenters. The van der Waals surface area contributed by atoms with Crippen LogP contribution in [0.3, 0.4) is 0 Å². The van der Waals surface area contributed by atoms with Crippen LogP contribution in [-0.2, 0) is 16.1 Å². The highest BCUT2D eigenvalue weighted by Crippen LogP contribution is 2.30. The van der Waals surface area contributed by atoms with Crippen molar-refractivity contribution >= 4 is 29.3 Å². The van der Waals surface area contributed by atoms with E-state index in [-0.39, 0.29) is 42.5 Å². The van der Waals surface area contributed by atoms with Gasteiger partial charge in [-0.2, -0.15) is 0 Å². The van der Waals surface area contributed by atoms with E-state index in [4.69, 9.17) is 0 Å². The third-order valence-corrected chi connectivity index (χ3v) is 5.30. The number of hydrogen-bond donors (Lipinski definition) is 2. The molecule has 1 aliphatic carbocycles. The van der Waals surface area contributed by atoms with Gasteiger partial charge in [0, 0.05) is 31.1 Å². The van der Waals surface area contributed by atoms with Crippen LogP contribution in [-0.4, -0.2) is 35.1 Å². The Kier molecular flexibility index (Phi) is 5.61. The van der Waals surface area contributed by atoms with Crippen molar-refractivity contribution in [1.29, 1.82) is 0 Å². The van der Waals surface area contributed by atoms with Crippen molar-refractivity contribution in [3.63, 3.8) is 0 Å². The summed E-state index contributed by atoms with van der Waals surface area (Å²) in [5.74, 6) is -0.582. The normalized spacial score (nSPS) is 15.1. The molecule has 154 valence electrons. The fourth-order valence-corrected chi connectivity index (χ4v) is 3.48. The molecule has 2 N–H and O–H groups in total. The molecule has 30 heavy (non-hydrogen) atoms. The maximum absolute atomic E-state index is 12.3. The lowest BCUT2D eigenvalue weighted by molar-refractivity contribution is -0.121. The zero-order chi connectivity index (χ0) is 21.1. The van der Waals surface area contributed by atoms with Gasteiger partial charge >= 0.3 is 0 Å². The Hall–Kier alpha value is -3.48. The number of nitrogens with zero attached hydrogens (tertiary/aromatic N) is 1. The number of rotatable bonds is 8. The first-order valence-electron chi connectivity index (χ1n) is 10.1. The molecule has 1 aliphatic heterocycles. The number of imide groups is 1. The fourth-order valence-electron chi connectivity index (χ4n) is 3.48. The number of fused-ring (bicyclic) bond motifs is 1. The Morgan fingerprint density at radius 3 is 2.33 bits per heavy atom. The molecule has 2 aliphatic rings. The Morgan fingerprint density at radius 2 is 1.67 bits per heavy atom. The summed E-state index contributed by atoms with van der Waals surface area (Å²) in [7, 11) is 0. The van der Waals surface area contributed by atoms with Crippen LogP contribution in [0.4, 0.5) is 5.69 Å². The lowest BCUT2D eigenvalue weighted by Gasteiger charge is -2.13. The summed E-state index contributed by atoms with van der Waals surface area (Å²) in [6.07, 6.45) is 2.50. The van der Waals surface area contributed by atoms with Gasteiger partial charge in [-0.3, -0.25) is 24.1 Å². The number of amides is 4. The molecule has 1 heterocycles. The van der Waals surface area contributed by atoms with Gasteiger partial charge in [0.1, 0.15) is 0 Å². The second kappa shape index (κ2) is 8.49. The number of anilines is 1. The molecule has 0 radical (unpaired) electrons. The van der Waals surface area contributed by atoms with Crippen LogP contribution in [0.2, 0.25) is 0 Å². The largest absolute Gasteiger partial charge is 0.352 e. The first-order valence-corrected chi connectivity index (χ1v) is 10.1. The second-order valence-electron chi connectivity index (χ2n) is 7.65. The van der Waals surface area contributed by atoms with Crippen LogP contribution >= 0.6 is 0 Å². The van der Waals surface area contributed by atoms with Gasteiger partial charge in [0.25, 0.3) is 11.8 Å². The smallest absolute Gasteiger partial charge is 0.261 e. The van der Waals surface area contributed by atoms with E-state index in [9.17, 15) is 19.2 Å². The van der Waals surface area contributed by atoms with Crippen LogP contribution in [0, 0.1) is 5.92 Å². The van der Waals surface area contributed by atoms with E-state index in [1.165, 1.54) is 4.90 Å². The third kappa shape index (κ3) is 4.40. The van der Waals surface area contributed by atoms with E-state index in [1.807, 2.05) is 24.3 Å². The van der Waals surface area contributed by atoms with Crippen molar-refractivity contribution in [2.45, 2.75) is 32.2 Å². The van der Waals surface area contributed by atoms with Gasteiger partial charge < -0.3 is 10.6 Å². The Balaban J connectivity index is 1.22. The van der Waals surface area contributed by atoms with Gasteiger partial charge in [-0.25, -0.2) is 0 Å². The fraction of sp³-hybridized carbons (Fsp3) is 0.304. The van der Waals surface area contributed by atoms with E-state index in [0.717, 1.165) is 24.1 Å². The molecular weight excluding hydrogens is 382 g/mol. The molecule has 4 amide bonds. The molecule has 0 bridgehead atoms. The Bertz CT molecular complexity index is 978. The number of hydrogen-bond acceptors (Lipinski definition) is 4. The highest BCUT2D eigenvalue weighted by molar-refractivity contribution is 6.21. The van der Waals surface area contributed by atoms with Crippen molar-refractivity contribution in [2.75, 3.05) is 11.9 Å². The SMILES string of the molecule is O=C(CCCN1C(=O)c2ccccc2C1=O)NCc1cccc(NC(=O)C2CC2)c1. The summed E-state index contributed by atoms with van der Waals surface area (Å²) >= 11 is 0. The summed E-state index contributed by atoms with van der Waals surface area (Å²) in [6.45, 7) is 0.557. The first-order chi connectivity index (χ1) is 14.5. The summed E-state index contributed by atoms with van der Waals surface area (Å²) in [5.41, 5.74) is 2.45. The predicted molar refractivity (Wildman–Crippen MR) is 111 cm³/mol. The first kappa shape index (κ1) is 19.8. The average Bonchev–Trinajstić information content (AvgIpc) is 3.57. The highest BCUT2D eigenvalue weighted by atomic mass is 16.2. The van der Waals surface area contributed by atoms with E-state index in [2.05, 4.69) is 10.6 Å². The lowest BCUT2D eigenvalue weighted by Crippen LogP contribution is -2.32. The molecular formula is C23H23N3O4. The third-order valence-electron chi connectivity index (χ3n) is 5.30.